The minimum Gasteiger partial charge on any atom is -0.328 e. The van der Waals surface area contributed by atoms with E-state index < -0.39 is 0 Å². The normalized spacial score (nSPS) is 40.9. The summed E-state index contributed by atoms with van der Waals surface area (Å²) >= 11 is 0. The molecule has 0 amide bonds. The van der Waals surface area contributed by atoms with Crippen LogP contribution in [0.1, 0.15) is 51.4 Å². The van der Waals surface area contributed by atoms with E-state index in [0.29, 0.717) is 24.2 Å². The van der Waals surface area contributed by atoms with E-state index in [-0.39, 0.29) is 0 Å². The van der Waals surface area contributed by atoms with Crippen molar-refractivity contribution in [1.29, 1.82) is 0 Å². The highest BCUT2D eigenvalue weighted by Crippen LogP contribution is 2.22. The topological polar surface area (TPSA) is 76.1 Å². The van der Waals surface area contributed by atoms with Crippen molar-refractivity contribution in [2.75, 3.05) is 0 Å². The predicted molar refractivity (Wildman–Crippen MR) is 66.7 cm³/mol. The molecule has 0 aromatic carbocycles. The largest absolute Gasteiger partial charge is 0.328 e. The summed E-state index contributed by atoms with van der Waals surface area (Å²) in [7, 11) is 0. The van der Waals surface area contributed by atoms with Crippen LogP contribution in [0.2, 0.25) is 0 Å². The second-order valence-electron chi connectivity index (χ2n) is 5.49. The summed E-state index contributed by atoms with van der Waals surface area (Å²) in [6, 6.07) is 2.42. The first-order valence-electron chi connectivity index (χ1n) is 6.75. The van der Waals surface area contributed by atoms with Gasteiger partial charge in [0.2, 0.25) is 0 Å². The highest BCUT2D eigenvalue weighted by molar-refractivity contribution is 4.85. The molecule has 0 bridgehead atoms. The lowest BCUT2D eigenvalue weighted by Crippen LogP contribution is -2.47. The minimum atomic E-state index is 0.454. The van der Waals surface area contributed by atoms with E-state index in [1.165, 1.54) is 51.4 Å². The van der Waals surface area contributed by atoms with Crippen molar-refractivity contribution in [3.8, 4) is 0 Å². The Balaban J connectivity index is 1.66. The predicted octanol–water partition coefficient (Wildman–Crippen LogP) is 0.620. The fourth-order valence-corrected chi connectivity index (χ4v) is 3.05. The van der Waals surface area contributed by atoms with Gasteiger partial charge >= 0.3 is 0 Å². The maximum Gasteiger partial charge on any atom is 0.0211 e. The molecule has 16 heavy (non-hydrogen) atoms. The molecule has 0 radical (unpaired) electrons. The third-order valence-corrected chi connectivity index (χ3v) is 4.21. The smallest absolute Gasteiger partial charge is 0.0211 e. The van der Waals surface area contributed by atoms with E-state index in [0.717, 1.165) is 0 Å². The molecule has 2 saturated carbocycles. The maximum atomic E-state index is 5.92. The molecule has 6 N–H and O–H groups in total. The van der Waals surface area contributed by atoms with Gasteiger partial charge in [0.1, 0.15) is 0 Å². The summed E-state index contributed by atoms with van der Waals surface area (Å²) in [4.78, 5) is 0. The van der Waals surface area contributed by atoms with E-state index in [4.69, 9.17) is 11.6 Å². The van der Waals surface area contributed by atoms with Crippen molar-refractivity contribution < 1.29 is 0 Å². The van der Waals surface area contributed by atoms with Crippen LogP contribution in [-0.4, -0.2) is 24.2 Å². The van der Waals surface area contributed by atoms with E-state index in [2.05, 4.69) is 10.7 Å². The highest BCUT2D eigenvalue weighted by atomic mass is 15.2. The molecule has 2 fully saturated rings. The van der Waals surface area contributed by atoms with Gasteiger partial charge in [-0.25, -0.2) is 0 Å². The average molecular weight is 226 g/mol. The number of hydrogen-bond acceptors (Lipinski definition) is 4. The fourth-order valence-electron chi connectivity index (χ4n) is 3.05. The third kappa shape index (κ3) is 3.42. The molecule has 2 rings (SSSR count). The summed E-state index contributed by atoms with van der Waals surface area (Å²) < 4.78 is 0. The Bertz CT molecular complexity index is 193. The first-order valence-corrected chi connectivity index (χ1v) is 6.75. The van der Waals surface area contributed by atoms with Gasteiger partial charge in [-0.2, -0.15) is 0 Å². The molecule has 94 valence electrons. The van der Waals surface area contributed by atoms with Crippen molar-refractivity contribution in [1.82, 2.24) is 10.7 Å². The Kier molecular flexibility index (Phi) is 4.58. The van der Waals surface area contributed by atoms with Crippen LogP contribution in [0.3, 0.4) is 0 Å². The molecule has 0 atom stereocenters. The Hall–Kier alpha value is -0.160. The van der Waals surface area contributed by atoms with Crippen LogP contribution in [0.25, 0.3) is 0 Å². The fraction of sp³-hybridized carbons (Fsp3) is 1.00. The van der Waals surface area contributed by atoms with E-state index >= 15 is 0 Å². The van der Waals surface area contributed by atoms with Crippen molar-refractivity contribution >= 4 is 0 Å². The Morgan fingerprint density at radius 3 is 1.62 bits per heavy atom. The van der Waals surface area contributed by atoms with Gasteiger partial charge in [0, 0.05) is 24.2 Å². The monoisotopic (exact) mass is 226 g/mol. The Morgan fingerprint density at radius 2 is 1.12 bits per heavy atom. The Morgan fingerprint density at radius 1 is 0.688 bits per heavy atom. The summed E-state index contributed by atoms with van der Waals surface area (Å²) in [5.41, 5.74) is 8.81. The van der Waals surface area contributed by atoms with Crippen molar-refractivity contribution in [3.63, 3.8) is 0 Å². The SMILES string of the molecule is NNC1CCC(NC2CCC(N)CC2)CC1. The van der Waals surface area contributed by atoms with Gasteiger partial charge < -0.3 is 11.1 Å². The van der Waals surface area contributed by atoms with Gasteiger partial charge in [0.05, 0.1) is 0 Å². The van der Waals surface area contributed by atoms with E-state index in [9.17, 15) is 0 Å². The van der Waals surface area contributed by atoms with Crippen molar-refractivity contribution in [2.24, 2.45) is 11.6 Å². The zero-order valence-electron chi connectivity index (χ0n) is 10.1. The van der Waals surface area contributed by atoms with Crippen LogP contribution in [0.5, 0.6) is 0 Å². The molecule has 0 saturated heterocycles. The van der Waals surface area contributed by atoms with Crippen LogP contribution >= 0.6 is 0 Å². The lowest BCUT2D eigenvalue weighted by atomic mass is 9.87. The first-order chi connectivity index (χ1) is 7.78. The summed E-state index contributed by atoms with van der Waals surface area (Å²) in [6.07, 6.45) is 9.84. The zero-order valence-corrected chi connectivity index (χ0v) is 10.1. The summed E-state index contributed by atoms with van der Waals surface area (Å²) in [6.45, 7) is 0. The molecule has 4 heteroatoms. The number of nitrogens with two attached hydrogens (primary N) is 2. The summed E-state index contributed by atoms with van der Waals surface area (Å²) in [5, 5.41) is 3.80. The second-order valence-corrected chi connectivity index (χ2v) is 5.49. The molecule has 0 aliphatic heterocycles. The van der Waals surface area contributed by atoms with Crippen LogP contribution in [0.4, 0.5) is 0 Å². The molecule has 2 aliphatic carbocycles. The number of hydrogen-bond donors (Lipinski definition) is 4. The standard InChI is InChI=1S/C12H26N4/c13-9-1-3-10(4-2-9)15-11-5-7-12(16-14)8-6-11/h9-12,15-16H,1-8,13-14H2. The van der Waals surface area contributed by atoms with Gasteiger partial charge in [-0.05, 0) is 51.4 Å². The molecular formula is C12H26N4. The molecule has 0 heterocycles. The van der Waals surface area contributed by atoms with Gasteiger partial charge in [-0.15, -0.1) is 0 Å². The third-order valence-electron chi connectivity index (χ3n) is 4.21. The number of rotatable bonds is 3. The van der Waals surface area contributed by atoms with Crippen molar-refractivity contribution in [3.05, 3.63) is 0 Å². The van der Waals surface area contributed by atoms with Gasteiger partial charge in [-0.3, -0.25) is 11.3 Å². The highest BCUT2D eigenvalue weighted by Gasteiger charge is 2.24. The quantitative estimate of drug-likeness (QED) is 0.420. The van der Waals surface area contributed by atoms with Gasteiger partial charge in [0.25, 0.3) is 0 Å². The number of nitrogens with one attached hydrogen (secondary N) is 2. The average Bonchev–Trinajstić information content (AvgIpc) is 2.33. The molecule has 0 aromatic heterocycles. The lowest BCUT2D eigenvalue weighted by molar-refractivity contribution is 0.256. The summed E-state index contributed by atoms with van der Waals surface area (Å²) in [5.74, 6) is 5.46. The van der Waals surface area contributed by atoms with Crippen LogP contribution < -0.4 is 22.3 Å². The molecule has 0 aromatic rings. The molecule has 0 spiro atoms. The zero-order chi connectivity index (χ0) is 11.4. The van der Waals surface area contributed by atoms with Gasteiger partial charge in [0.15, 0.2) is 0 Å². The minimum absolute atomic E-state index is 0.454. The Labute approximate surface area is 98.5 Å². The van der Waals surface area contributed by atoms with Crippen LogP contribution in [0, 0.1) is 0 Å². The lowest BCUT2D eigenvalue weighted by Gasteiger charge is -2.34. The maximum absolute atomic E-state index is 5.92. The molecule has 4 nitrogen and oxygen atoms in total. The van der Waals surface area contributed by atoms with Crippen LogP contribution in [0.15, 0.2) is 0 Å². The second kappa shape index (κ2) is 5.96. The number of hydrazine groups is 1. The van der Waals surface area contributed by atoms with Crippen molar-refractivity contribution in [2.45, 2.75) is 75.5 Å². The molecule has 2 aliphatic rings. The van der Waals surface area contributed by atoms with Gasteiger partial charge in [-0.1, -0.05) is 0 Å². The van der Waals surface area contributed by atoms with E-state index in [1.807, 2.05) is 0 Å². The molecular weight excluding hydrogens is 200 g/mol. The molecule has 0 unspecified atom stereocenters. The first kappa shape index (κ1) is 12.3. The van der Waals surface area contributed by atoms with E-state index in [1.54, 1.807) is 0 Å². The van der Waals surface area contributed by atoms with Crippen LogP contribution in [-0.2, 0) is 0 Å².